The van der Waals surface area contributed by atoms with Crippen molar-refractivity contribution < 1.29 is 18.4 Å². The van der Waals surface area contributed by atoms with E-state index in [-0.39, 0.29) is 24.7 Å². The number of benzene rings is 2. The molecule has 0 saturated heterocycles. The van der Waals surface area contributed by atoms with E-state index in [0.29, 0.717) is 5.69 Å². The highest BCUT2D eigenvalue weighted by Gasteiger charge is 2.26. The standard InChI is InChI=1S/C18H16BrF2N3O2/c1-10(12-6-5-11(20)7-15(12)21)22-17(25)9-24-8-13-14(19)3-2-4-16(13)23-18(24)26/h2-7,10H,8-9H2,1H3,(H,22,25)(H,23,26)/t10-/m0/s1. The van der Waals surface area contributed by atoms with Crippen LogP contribution in [-0.4, -0.2) is 23.4 Å². The lowest BCUT2D eigenvalue weighted by molar-refractivity contribution is -0.122. The summed E-state index contributed by atoms with van der Waals surface area (Å²) in [5, 5.41) is 5.36. The quantitative estimate of drug-likeness (QED) is 0.781. The molecule has 0 saturated carbocycles. The summed E-state index contributed by atoms with van der Waals surface area (Å²) in [5.41, 5.74) is 1.75. The molecule has 0 aromatic heterocycles. The predicted molar refractivity (Wildman–Crippen MR) is 96.5 cm³/mol. The van der Waals surface area contributed by atoms with Gasteiger partial charge in [0.1, 0.15) is 18.2 Å². The Hall–Kier alpha value is -2.48. The molecule has 1 atom stereocenters. The fourth-order valence-electron chi connectivity index (χ4n) is 2.81. The van der Waals surface area contributed by atoms with Crippen molar-refractivity contribution in [2.24, 2.45) is 0 Å². The minimum atomic E-state index is -0.730. The maximum Gasteiger partial charge on any atom is 0.322 e. The SMILES string of the molecule is C[C@H](NC(=O)CN1Cc2c(Br)cccc2NC1=O)c1ccc(F)cc1F. The van der Waals surface area contributed by atoms with Crippen LogP contribution in [0, 0.1) is 11.6 Å². The summed E-state index contributed by atoms with van der Waals surface area (Å²) in [4.78, 5) is 25.8. The average Bonchev–Trinajstić information content (AvgIpc) is 2.56. The van der Waals surface area contributed by atoms with Crippen LogP contribution in [0.25, 0.3) is 0 Å². The van der Waals surface area contributed by atoms with E-state index in [1.165, 1.54) is 11.0 Å². The largest absolute Gasteiger partial charge is 0.348 e. The van der Waals surface area contributed by atoms with Gasteiger partial charge in [-0.2, -0.15) is 0 Å². The van der Waals surface area contributed by atoms with Gasteiger partial charge in [0.25, 0.3) is 0 Å². The number of rotatable bonds is 4. The molecule has 5 nitrogen and oxygen atoms in total. The smallest absolute Gasteiger partial charge is 0.322 e. The summed E-state index contributed by atoms with van der Waals surface area (Å²) in [7, 11) is 0. The summed E-state index contributed by atoms with van der Waals surface area (Å²) < 4.78 is 27.6. The molecule has 8 heteroatoms. The molecule has 0 unspecified atom stereocenters. The lowest BCUT2D eigenvalue weighted by Crippen LogP contribution is -2.45. The molecule has 3 amide bonds. The summed E-state index contributed by atoms with van der Waals surface area (Å²) in [6.07, 6.45) is 0. The van der Waals surface area contributed by atoms with Gasteiger partial charge in [0.2, 0.25) is 5.91 Å². The van der Waals surface area contributed by atoms with Gasteiger partial charge in [0.05, 0.1) is 12.6 Å². The molecule has 136 valence electrons. The topological polar surface area (TPSA) is 61.4 Å². The molecule has 1 heterocycles. The van der Waals surface area contributed by atoms with E-state index in [2.05, 4.69) is 26.6 Å². The number of urea groups is 1. The maximum atomic E-state index is 13.8. The van der Waals surface area contributed by atoms with Crippen molar-refractivity contribution in [3.8, 4) is 0 Å². The number of nitrogens with one attached hydrogen (secondary N) is 2. The molecular formula is C18H16BrF2N3O2. The Morgan fingerprint density at radius 2 is 2.12 bits per heavy atom. The Morgan fingerprint density at radius 1 is 1.35 bits per heavy atom. The fraction of sp³-hybridized carbons (Fsp3) is 0.222. The number of anilines is 1. The second-order valence-electron chi connectivity index (χ2n) is 6.01. The van der Waals surface area contributed by atoms with Gasteiger partial charge in [-0.05, 0) is 25.1 Å². The molecule has 26 heavy (non-hydrogen) atoms. The second-order valence-corrected chi connectivity index (χ2v) is 6.86. The van der Waals surface area contributed by atoms with Crippen LogP contribution in [-0.2, 0) is 11.3 Å². The van der Waals surface area contributed by atoms with E-state index in [9.17, 15) is 18.4 Å². The molecule has 2 aromatic carbocycles. The van der Waals surface area contributed by atoms with Crippen LogP contribution >= 0.6 is 15.9 Å². The third kappa shape index (κ3) is 3.85. The molecule has 2 aromatic rings. The summed E-state index contributed by atoms with van der Waals surface area (Å²) in [6.45, 7) is 1.69. The zero-order valence-corrected chi connectivity index (χ0v) is 15.4. The Bertz CT molecular complexity index is 876. The van der Waals surface area contributed by atoms with Gasteiger partial charge in [0, 0.05) is 27.4 Å². The van der Waals surface area contributed by atoms with E-state index in [4.69, 9.17) is 0 Å². The number of hydrogen-bond donors (Lipinski definition) is 2. The van der Waals surface area contributed by atoms with Crippen molar-refractivity contribution in [2.75, 3.05) is 11.9 Å². The lowest BCUT2D eigenvalue weighted by Gasteiger charge is -2.30. The van der Waals surface area contributed by atoms with Crippen LogP contribution in [0.1, 0.15) is 24.1 Å². The minimum Gasteiger partial charge on any atom is -0.348 e. The van der Waals surface area contributed by atoms with Gasteiger partial charge < -0.3 is 15.5 Å². The average molecular weight is 424 g/mol. The number of carbonyl (C=O) groups is 2. The highest BCUT2D eigenvalue weighted by molar-refractivity contribution is 9.10. The molecule has 0 spiro atoms. The molecule has 3 rings (SSSR count). The van der Waals surface area contributed by atoms with Crippen molar-refractivity contribution in [1.82, 2.24) is 10.2 Å². The predicted octanol–water partition coefficient (Wildman–Crippen LogP) is 3.95. The Labute approximate surface area is 157 Å². The molecule has 1 aliphatic heterocycles. The molecule has 1 aliphatic rings. The van der Waals surface area contributed by atoms with Crippen molar-refractivity contribution in [2.45, 2.75) is 19.5 Å². The third-order valence-electron chi connectivity index (χ3n) is 4.14. The van der Waals surface area contributed by atoms with Crippen LogP contribution in [0.4, 0.5) is 19.3 Å². The highest BCUT2D eigenvalue weighted by atomic mass is 79.9. The summed E-state index contributed by atoms with van der Waals surface area (Å²) >= 11 is 3.43. The number of nitrogens with zero attached hydrogens (tertiary/aromatic N) is 1. The van der Waals surface area contributed by atoms with Crippen LogP contribution in [0.3, 0.4) is 0 Å². The third-order valence-corrected chi connectivity index (χ3v) is 4.88. The maximum absolute atomic E-state index is 13.8. The van der Waals surface area contributed by atoms with Gasteiger partial charge in [-0.1, -0.05) is 28.1 Å². The van der Waals surface area contributed by atoms with Crippen LogP contribution in [0.15, 0.2) is 40.9 Å². The van der Waals surface area contributed by atoms with E-state index >= 15 is 0 Å². The second kappa shape index (κ2) is 7.41. The van der Waals surface area contributed by atoms with Crippen LogP contribution in [0.5, 0.6) is 0 Å². The number of fused-ring (bicyclic) bond motifs is 1. The van der Waals surface area contributed by atoms with E-state index in [0.717, 1.165) is 22.2 Å². The Balaban J connectivity index is 1.66. The first-order chi connectivity index (χ1) is 12.3. The number of hydrogen-bond acceptors (Lipinski definition) is 2. The molecule has 0 bridgehead atoms. The van der Waals surface area contributed by atoms with Gasteiger partial charge >= 0.3 is 6.03 Å². The summed E-state index contributed by atoms with van der Waals surface area (Å²) in [5.74, 6) is -1.85. The lowest BCUT2D eigenvalue weighted by atomic mass is 10.1. The van der Waals surface area contributed by atoms with Crippen molar-refractivity contribution in [3.63, 3.8) is 0 Å². The number of carbonyl (C=O) groups excluding carboxylic acids is 2. The van der Waals surface area contributed by atoms with Crippen molar-refractivity contribution >= 4 is 33.6 Å². The minimum absolute atomic E-state index is 0.177. The van der Waals surface area contributed by atoms with Crippen LogP contribution < -0.4 is 10.6 Å². The monoisotopic (exact) mass is 423 g/mol. The summed E-state index contributed by atoms with van der Waals surface area (Å²) in [6, 6.07) is 7.60. The van der Waals surface area contributed by atoms with E-state index in [1.54, 1.807) is 13.0 Å². The van der Waals surface area contributed by atoms with Gasteiger partial charge in [-0.3, -0.25) is 4.79 Å². The van der Waals surface area contributed by atoms with E-state index < -0.39 is 23.6 Å². The Morgan fingerprint density at radius 3 is 2.85 bits per heavy atom. The molecule has 2 N–H and O–H groups in total. The van der Waals surface area contributed by atoms with Crippen molar-refractivity contribution in [3.05, 3.63) is 63.6 Å². The van der Waals surface area contributed by atoms with Gasteiger partial charge in [0.15, 0.2) is 0 Å². The van der Waals surface area contributed by atoms with E-state index in [1.807, 2.05) is 12.1 Å². The fourth-order valence-corrected chi connectivity index (χ4v) is 3.30. The molecule has 0 aliphatic carbocycles. The Kier molecular flexibility index (Phi) is 5.22. The molecular weight excluding hydrogens is 408 g/mol. The first-order valence-corrected chi connectivity index (χ1v) is 8.72. The number of amides is 3. The zero-order valence-electron chi connectivity index (χ0n) is 13.9. The normalized spacial score (nSPS) is 14.5. The number of halogens is 3. The first-order valence-electron chi connectivity index (χ1n) is 7.93. The zero-order chi connectivity index (χ0) is 18.8. The van der Waals surface area contributed by atoms with Gasteiger partial charge in [-0.25, -0.2) is 13.6 Å². The molecule has 0 fully saturated rings. The van der Waals surface area contributed by atoms with Crippen molar-refractivity contribution in [1.29, 1.82) is 0 Å². The van der Waals surface area contributed by atoms with Crippen LogP contribution in [0.2, 0.25) is 0 Å². The first kappa shape index (κ1) is 18.3. The molecule has 0 radical (unpaired) electrons. The van der Waals surface area contributed by atoms with Gasteiger partial charge in [-0.15, -0.1) is 0 Å². The highest BCUT2D eigenvalue weighted by Crippen LogP contribution is 2.29.